The van der Waals surface area contributed by atoms with Crippen molar-refractivity contribution in [3.63, 3.8) is 0 Å². The highest BCUT2D eigenvalue weighted by molar-refractivity contribution is 7.10. The van der Waals surface area contributed by atoms with E-state index in [-0.39, 0.29) is 0 Å². The highest BCUT2D eigenvalue weighted by Gasteiger charge is 2.30. The van der Waals surface area contributed by atoms with Gasteiger partial charge in [-0.2, -0.15) is 0 Å². The molecule has 0 aromatic carbocycles. The van der Waals surface area contributed by atoms with Gasteiger partial charge in [0.25, 0.3) is 0 Å². The Labute approximate surface area is 115 Å². The van der Waals surface area contributed by atoms with E-state index in [0.29, 0.717) is 6.04 Å². The van der Waals surface area contributed by atoms with Gasteiger partial charge in [-0.05, 0) is 69.4 Å². The molecule has 1 aliphatic heterocycles. The zero-order valence-corrected chi connectivity index (χ0v) is 12.7. The van der Waals surface area contributed by atoms with Crippen molar-refractivity contribution in [2.24, 2.45) is 5.92 Å². The monoisotopic (exact) mass is 266 g/mol. The summed E-state index contributed by atoms with van der Waals surface area (Å²) in [5.41, 5.74) is 1.47. The SMILES string of the molecule is CCNCC1CCCCN(C)C1c1sccc1C. The molecule has 0 saturated carbocycles. The molecule has 0 aliphatic carbocycles. The largest absolute Gasteiger partial charge is 0.317 e. The lowest BCUT2D eigenvalue weighted by Gasteiger charge is -2.32. The van der Waals surface area contributed by atoms with Crippen LogP contribution in [0.25, 0.3) is 0 Å². The Morgan fingerprint density at radius 2 is 2.28 bits per heavy atom. The van der Waals surface area contributed by atoms with Gasteiger partial charge >= 0.3 is 0 Å². The van der Waals surface area contributed by atoms with Gasteiger partial charge in [0.1, 0.15) is 0 Å². The number of aryl methyl sites for hydroxylation is 1. The Bertz CT molecular complexity index is 361. The fourth-order valence-electron chi connectivity index (χ4n) is 3.07. The molecule has 1 N–H and O–H groups in total. The molecule has 0 radical (unpaired) electrons. The Morgan fingerprint density at radius 3 is 2.94 bits per heavy atom. The molecular weight excluding hydrogens is 240 g/mol. The average Bonchev–Trinajstić information content (AvgIpc) is 2.68. The van der Waals surface area contributed by atoms with Crippen LogP contribution in [-0.4, -0.2) is 31.6 Å². The first-order valence-corrected chi connectivity index (χ1v) is 8.07. The maximum atomic E-state index is 3.56. The molecule has 0 spiro atoms. The fraction of sp³-hybridized carbons (Fsp3) is 0.733. The maximum Gasteiger partial charge on any atom is 0.0481 e. The van der Waals surface area contributed by atoms with Crippen molar-refractivity contribution >= 4 is 11.3 Å². The molecule has 2 unspecified atom stereocenters. The van der Waals surface area contributed by atoms with E-state index in [0.717, 1.165) is 19.0 Å². The number of thiophene rings is 1. The molecule has 0 bridgehead atoms. The van der Waals surface area contributed by atoms with Gasteiger partial charge < -0.3 is 5.32 Å². The van der Waals surface area contributed by atoms with E-state index in [1.54, 1.807) is 4.88 Å². The molecule has 18 heavy (non-hydrogen) atoms. The molecule has 102 valence electrons. The number of hydrogen-bond acceptors (Lipinski definition) is 3. The Morgan fingerprint density at radius 1 is 1.44 bits per heavy atom. The molecule has 1 aliphatic rings. The molecule has 0 amide bonds. The van der Waals surface area contributed by atoms with Gasteiger partial charge in [0, 0.05) is 10.9 Å². The second-order valence-electron chi connectivity index (χ2n) is 5.46. The first kappa shape index (κ1) is 14.0. The van der Waals surface area contributed by atoms with E-state index in [2.05, 4.69) is 42.6 Å². The highest BCUT2D eigenvalue weighted by atomic mass is 32.1. The van der Waals surface area contributed by atoms with Crippen molar-refractivity contribution in [3.8, 4) is 0 Å². The van der Waals surface area contributed by atoms with Crippen LogP contribution in [0.5, 0.6) is 0 Å². The maximum absolute atomic E-state index is 3.56. The smallest absolute Gasteiger partial charge is 0.0481 e. The lowest BCUT2D eigenvalue weighted by Crippen LogP contribution is -2.34. The molecular formula is C15H26N2S. The first-order chi connectivity index (χ1) is 8.74. The van der Waals surface area contributed by atoms with Crippen LogP contribution in [0.1, 0.15) is 42.7 Å². The van der Waals surface area contributed by atoms with Crippen molar-refractivity contribution in [1.82, 2.24) is 10.2 Å². The lowest BCUT2D eigenvalue weighted by atomic mass is 9.92. The van der Waals surface area contributed by atoms with Gasteiger partial charge in [0.05, 0.1) is 0 Å². The van der Waals surface area contributed by atoms with Crippen LogP contribution in [0.2, 0.25) is 0 Å². The summed E-state index contributed by atoms with van der Waals surface area (Å²) in [5, 5.41) is 5.80. The van der Waals surface area contributed by atoms with Crippen molar-refractivity contribution in [2.45, 2.75) is 39.2 Å². The van der Waals surface area contributed by atoms with Crippen LogP contribution in [0.3, 0.4) is 0 Å². The van der Waals surface area contributed by atoms with E-state index < -0.39 is 0 Å². The minimum absolute atomic E-state index is 0.617. The van der Waals surface area contributed by atoms with Gasteiger partial charge in [-0.1, -0.05) is 13.3 Å². The second kappa shape index (κ2) is 6.69. The molecule has 2 atom stereocenters. The summed E-state index contributed by atoms with van der Waals surface area (Å²) in [4.78, 5) is 4.16. The third kappa shape index (κ3) is 3.14. The second-order valence-corrected chi connectivity index (χ2v) is 6.40. The summed E-state index contributed by atoms with van der Waals surface area (Å²) < 4.78 is 0. The number of nitrogens with one attached hydrogen (secondary N) is 1. The normalized spacial score (nSPS) is 26.2. The number of likely N-dealkylation sites (tertiary alicyclic amines) is 1. The third-order valence-electron chi connectivity index (χ3n) is 4.08. The van der Waals surface area contributed by atoms with E-state index in [4.69, 9.17) is 0 Å². The standard InChI is InChI=1S/C15H26N2S/c1-4-16-11-13-7-5-6-9-17(3)14(13)15-12(2)8-10-18-15/h8,10,13-14,16H,4-7,9,11H2,1-3H3. The van der Waals surface area contributed by atoms with Gasteiger partial charge in [0.2, 0.25) is 0 Å². The van der Waals surface area contributed by atoms with E-state index in [9.17, 15) is 0 Å². The number of hydrogen-bond donors (Lipinski definition) is 1. The summed E-state index contributed by atoms with van der Waals surface area (Å²) in [6, 6.07) is 2.88. The molecule has 1 aromatic rings. The van der Waals surface area contributed by atoms with Crippen LogP contribution in [0.15, 0.2) is 11.4 Å². The molecule has 1 aromatic heterocycles. The third-order valence-corrected chi connectivity index (χ3v) is 5.17. The fourth-order valence-corrected chi connectivity index (χ4v) is 4.25. The van der Waals surface area contributed by atoms with Crippen molar-refractivity contribution in [2.75, 3.05) is 26.7 Å². The topological polar surface area (TPSA) is 15.3 Å². The van der Waals surface area contributed by atoms with Crippen molar-refractivity contribution < 1.29 is 0 Å². The minimum atomic E-state index is 0.617. The molecule has 1 fully saturated rings. The molecule has 1 saturated heterocycles. The van der Waals surface area contributed by atoms with Crippen LogP contribution in [0.4, 0.5) is 0 Å². The van der Waals surface area contributed by atoms with Crippen LogP contribution in [0, 0.1) is 12.8 Å². The minimum Gasteiger partial charge on any atom is -0.317 e. The average molecular weight is 266 g/mol. The molecule has 2 rings (SSSR count). The molecule has 3 heteroatoms. The van der Waals surface area contributed by atoms with Gasteiger partial charge in [-0.15, -0.1) is 11.3 Å². The Balaban J connectivity index is 2.20. The summed E-state index contributed by atoms with van der Waals surface area (Å²) in [5.74, 6) is 0.759. The van der Waals surface area contributed by atoms with Crippen LogP contribution in [-0.2, 0) is 0 Å². The van der Waals surface area contributed by atoms with Crippen molar-refractivity contribution in [1.29, 1.82) is 0 Å². The van der Waals surface area contributed by atoms with E-state index in [1.165, 1.54) is 31.4 Å². The predicted octanol–water partition coefficient (Wildman–Crippen LogP) is 3.44. The Hall–Kier alpha value is -0.380. The molecule has 2 nitrogen and oxygen atoms in total. The highest BCUT2D eigenvalue weighted by Crippen LogP contribution is 2.37. The summed E-state index contributed by atoms with van der Waals surface area (Å²) in [7, 11) is 2.30. The van der Waals surface area contributed by atoms with Gasteiger partial charge in [-0.25, -0.2) is 0 Å². The van der Waals surface area contributed by atoms with E-state index >= 15 is 0 Å². The molecule has 2 heterocycles. The number of rotatable bonds is 4. The lowest BCUT2D eigenvalue weighted by molar-refractivity contribution is 0.192. The summed E-state index contributed by atoms with van der Waals surface area (Å²) >= 11 is 1.94. The summed E-state index contributed by atoms with van der Waals surface area (Å²) in [6.45, 7) is 7.94. The van der Waals surface area contributed by atoms with E-state index in [1.807, 2.05) is 11.3 Å². The van der Waals surface area contributed by atoms with Crippen LogP contribution < -0.4 is 5.32 Å². The zero-order valence-electron chi connectivity index (χ0n) is 11.9. The Kier molecular flexibility index (Phi) is 5.22. The van der Waals surface area contributed by atoms with Gasteiger partial charge in [-0.3, -0.25) is 4.90 Å². The zero-order chi connectivity index (χ0) is 13.0. The first-order valence-electron chi connectivity index (χ1n) is 7.19. The quantitative estimate of drug-likeness (QED) is 0.898. The van der Waals surface area contributed by atoms with Crippen LogP contribution >= 0.6 is 11.3 Å². The van der Waals surface area contributed by atoms with Crippen molar-refractivity contribution in [3.05, 3.63) is 21.9 Å². The van der Waals surface area contributed by atoms with Gasteiger partial charge in [0.15, 0.2) is 0 Å². The predicted molar refractivity (Wildman–Crippen MR) is 80.3 cm³/mol. The summed E-state index contributed by atoms with van der Waals surface area (Å²) in [6.07, 6.45) is 4.08. The number of nitrogens with zero attached hydrogens (tertiary/aromatic N) is 1.